The second-order valence-electron chi connectivity index (χ2n) is 8.49. The van der Waals surface area contributed by atoms with E-state index in [1.807, 2.05) is 0 Å². The summed E-state index contributed by atoms with van der Waals surface area (Å²) >= 11 is 6.17. The molecule has 1 amide bonds. The first kappa shape index (κ1) is 31.3. The minimum atomic E-state index is -5.47. The zero-order valence-corrected chi connectivity index (χ0v) is 22.1. The van der Waals surface area contributed by atoms with Gasteiger partial charge in [0.15, 0.2) is 0 Å². The minimum absolute atomic E-state index is 0.0451. The molecular formula is C27H23ClF5N3O5. The van der Waals surface area contributed by atoms with Crippen LogP contribution in [-0.4, -0.2) is 53.1 Å². The third-order valence-electron chi connectivity index (χ3n) is 5.57. The van der Waals surface area contributed by atoms with E-state index in [9.17, 15) is 36.3 Å². The van der Waals surface area contributed by atoms with E-state index in [0.29, 0.717) is 17.5 Å². The van der Waals surface area contributed by atoms with E-state index < -0.39 is 48.2 Å². The third-order valence-corrected chi connectivity index (χ3v) is 5.79. The van der Waals surface area contributed by atoms with Gasteiger partial charge in [-0.2, -0.15) is 13.2 Å². The Labute approximate surface area is 236 Å². The van der Waals surface area contributed by atoms with Crippen molar-refractivity contribution in [2.75, 3.05) is 18.5 Å². The van der Waals surface area contributed by atoms with Crippen LogP contribution >= 0.6 is 11.6 Å². The number of carbonyl (C=O) groups is 3. The molecule has 1 atom stereocenters. The Morgan fingerprint density at radius 1 is 1.05 bits per heavy atom. The summed E-state index contributed by atoms with van der Waals surface area (Å²) in [5.41, 5.74) is 0.370. The van der Waals surface area contributed by atoms with E-state index in [-0.39, 0.29) is 34.9 Å². The van der Waals surface area contributed by atoms with Crippen LogP contribution in [0, 0.1) is 11.6 Å². The van der Waals surface area contributed by atoms with Gasteiger partial charge in [0.1, 0.15) is 30.0 Å². The van der Waals surface area contributed by atoms with Gasteiger partial charge in [0.25, 0.3) is 5.91 Å². The van der Waals surface area contributed by atoms with Gasteiger partial charge in [0, 0.05) is 53.4 Å². The molecule has 3 rings (SSSR count). The maximum Gasteiger partial charge on any atom is 0.491 e. The van der Waals surface area contributed by atoms with Gasteiger partial charge in [0.05, 0.1) is 0 Å². The number of alkyl halides is 3. The van der Waals surface area contributed by atoms with Crippen LogP contribution in [0.4, 0.5) is 27.6 Å². The number of esters is 2. The molecule has 8 nitrogen and oxygen atoms in total. The fraction of sp³-hybridized carbons (Fsp3) is 0.259. The van der Waals surface area contributed by atoms with Crippen LogP contribution in [0.3, 0.4) is 0 Å². The highest BCUT2D eigenvalue weighted by Crippen LogP contribution is 2.26. The summed E-state index contributed by atoms with van der Waals surface area (Å²) in [7, 11) is 0. The lowest BCUT2D eigenvalue weighted by Crippen LogP contribution is -2.46. The lowest BCUT2D eigenvalue weighted by Gasteiger charge is -2.30. The smallest absolute Gasteiger partial charge is 0.491 e. The molecule has 0 aliphatic rings. The number of pyridine rings is 1. The molecule has 1 N–H and O–H groups in total. The molecule has 41 heavy (non-hydrogen) atoms. The number of rotatable bonds is 11. The largest absolute Gasteiger partial charge is 0.492 e. The van der Waals surface area contributed by atoms with Crippen molar-refractivity contribution >= 4 is 35.1 Å². The number of ether oxygens (including phenoxy) is 2. The van der Waals surface area contributed by atoms with Gasteiger partial charge in [-0.15, -0.1) is 0 Å². The van der Waals surface area contributed by atoms with Crippen LogP contribution in [0.1, 0.15) is 29.3 Å². The molecule has 0 saturated heterocycles. The number of amides is 1. The van der Waals surface area contributed by atoms with E-state index >= 15 is 0 Å². The molecule has 218 valence electrons. The maximum atomic E-state index is 14.5. The monoisotopic (exact) mass is 599 g/mol. The molecule has 0 bridgehead atoms. The normalized spacial score (nSPS) is 11.9. The van der Waals surface area contributed by atoms with Crippen molar-refractivity contribution in [1.82, 2.24) is 9.88 Å². The molecular weight excluding hydrogens is 577 g/mol. The summed E-state index contributed by atoms with van der Waals surface area (Å²) < 4.78 is 75.7. The van der Waals surface area contributed by atoms with Crippen LogP contribution in [0.25, 0.3) is 0 Å². The number of hydrogen-bond donors (Lipinski definition) is 1. The van der Waals surface area contributed by atoms with Crippen molar-refractivity contribution < 1.29 is 45.8 Å². The predicted molar refractivity (Wildman–Crippen MR) is 137 cm³/mol. The zero-order valence-electron chi connectivity index (χ0n) is 21.4. The van der Waals surface area contributed by atoms with E-state index in [0.717, 1.165) is 17.8 Å². The van der Waals surface area contributed by atoms with Crippen LogP contribution in [-0.2, 0) is 20.9 Å². The number of nitrogens with zero attached hydrogens (tertiary/aromatic N) is 2. The minimum Gasteiger partial charge on any atom is -0.492 e. The number of aromatic nitrogens is 1. The Morgan fingerprint density at radius 2 is 1.76 bits per heavy atom. The topological polar surface area (TPSA) is 97.8 Å². The molecule has 3 aromatic rings. The molecule has 0 fully saturated rings. The van der Waals surface area contributed by atoms with E-state index in [2.05, 4.69) is 15.0 Å². The van der Waals surface area contributed by atoms with Gasteiger partial charge in [-0.05, 0) is 42.8 Å². The number of nitrogens with one attached hydrogen (secondary N) is 1. The molecule has 0 aliphatic heterocycles. The fourth-order valence-electron chi connectivity index (χ4n) is 3.66. The lowest BCUT2D eigenvalue weighted by atomic mass is 10.1. The Bertz CT molecular complexity index is 1390. The highest BCUT2D eigenvalue weighted by molar-refractivity contribution is 6.31. The highest BCUT2D eigenvalue weighted by Gasteiger charge is 2.44. The van der Waals surface area contributed by atoms with Crippen molar-refractivity contribution in [3.63, 3.8) is 0 Å². The summed E-state index contributed by atoms with van der Waals surface area (Å²) in [6, 6.07) is 8.06. The summed E-state index contributed by atoms with van der Waals surface area (Å²) in [5, 5.41) is 3.13. The second kappa shape index (κ2) is 13.9. The van der Waals surface area contributed by atoms with Gasteiger partial charge < -0.3 is 19.7 Å². The van der Waals surface area contributed by atoms with Crippen LogP contribution in [0.5, 0.6) is 5.75 Å². The predicted octanol–water partition coefficient (Wildman–Crippen LogP) is 5.56. The number of anilines is 1. The molecule has 1 aromatic heterocycles. The Kier molecular flexibility index (Phi) is 10.6. The fourth-order valence-corrected chi connectivity index (χ4v) is 3.88. The van der Waals surface area contributed by atoms with Gasteiger partial charge in [-0.3, -0.25) is 9.78 Å². The van der Waals surface area contributed by atoms with Gasteiger partial charge in [-0.25, -0.2) is 18.4 Å². The molecule has 0 aliphatic carbocycles. The zero-order chi connectivity index (χ0) is 30.2. The number of benzene rings is 2. The highest BCUT2D eigenvalue weighted by atomic mass is 35.5. The lowest BCUT2D eigenvalue weighted by molar-refractivity contribution is -0.203. The van der Waals surface area contributed by atoms with Gasteiger partial charge >= 0.3 is 18.1 Å². The molecule has 0 radical (unpaired) electrons. The van der Waals surface area contributed by atoms with Crippen molar-refractivity contribution in [3.05, 3.63) is 88.7 Å². The van der Waals surface area contributed by atoms with Crippen molar-refractivity contribution in [2.45, 2.75) is 32.1 Å². The van der Waals surface area contributed by atoms with Crippen molar-refractivity contribution in [1.29, 1.82) is 0 Å². The summed E-state index contributed by atoms with van der Waals surface area (Å²) in [6.45, 7) is 1.14. The Balaban J connectivity index is 1.87. The first-order valence-corrected chi connectivity index (χ1v) is 12.4. The standard InChI is InChI=1S/C27H23ClF5N3O5/c1-2-23(25(38)41-26(39)27(31,32)33)36(15-16-3-4-19(29)14-22(16)30)24(37)17-11-18(28)13-21(12-17)40-10-9-35-20-5-7-34-8-6-20/h3-8,11-14,23H,2,9-10,15H2,1H3,(H,34,35). The van der Waals surface area contributed by atoms with Gasteiger partial charge in [0.2, 0.25) is 0 Å². The first-order valence-electron chi connectivity index (χ1n) is 12.0. The van der Waals surface area contributed by atoms with Crippen molar-refractivity contribution in [3.8, 4) is 5.75 Å². The van der Waals surface area contributed by atoms with Gasteiger partial charge in [-0.1, -0.05) is 24.6 Å². The molecule has 1 unspecified atom stereocenters. The molecule has 14 heteroatoms. The first-order chi connectivity index (χ1) is 19.4. The third kappa shape index (κ3) is 8.87. The number of carbonyl (C=O) groups excluding carboxylic acids is 3. The van der Waals surface area contributed by atoms with E-state index in [1.165, 1.54) is 25.1 Å². The van der Waals surface area contributed by atoms with E-state index in [1.54, 1.807) is 24.5 Å². The van der Waals surface area contributed by atoms with Crippen LogP contribution < -0.4 is 10.1 Å². The van der Waals surface area contributed by atoms with Crippen molar-refractivity contribution in [2.24, 2.45) is 0 Å². The molecule has 0 saturated carbocycles. The van der Waals surface area contributed by atoms with Crippen LogP contribution in [0.15, 0.2) is 60.9 Å². The summed E-state index contributed by atoms with van der Waals surface area (Å²) in [5.74, 6) is -7.28. The molecule has 2 aromatic carbocycles. The molecule has 0 spiro atoms. The average molecular weight is 600 g/mol. The average Bonchev–Trinajstić information content (AvgIpc) is 2.91. The molecule has 1 heterocycles. The second-order valence-corrected chi connectivity index (χ2v) is 8.92. The van der Waals surface area contributed by atoms with Crippen LogP contribution in [0.2, 0.25) is 5.02 Å². The number of hydrogen-bond acceptors (Lipinski definition) is 7. The SMILES string of the molecule is CCC(C(=O)OC(=O)C(F)(F)F)N(Cc1ccc(F)cc1F)C(=O)c1cc(Cl)cc(OCCNc2ccncc2)c1. The maximum absolute atomic E-state index is 14.5. The Morgan fingerprint density at radius 3 is 2.39 bits per heavy atom. The van der Waals surface area contributed by atoms with E-state index in [4.69, 9.17) is 16.3 Å². The summed E-state index contributed by atoms with van der Waals surface area (Å²) in [4.78, 5) is 42.1. The quantitative estimate of drug-likeness (QED) is 0.133. The number of halogens is 6. The summed E-state index contributed by atoms with van der Waals surface area (Å²) in [6.07, 6.45) is -2.60. The Hall–Kier alpha value is -4.26.